The molecule has 70 valence electrons. The van der Waals surface area contributed by atoms with Gasteiger partial charge in [-0.05, 0) is 33.0 Å². The van der Waals surface area contributed by atoms with Gasteiger partial charge in [0.05, 0.1) is 0 Å². The maximum absolute atomic E-state index is 2.42. The Kier molecular flexibility index (Phi) is 12.1. The van der Waals surface area contributed by atoms with E-state index in [1.54, 1.807) is 0 Å². The first-order chi connectivity index (χ1) is 4.81. The Morgan fingerprint density at radius 1 is 0.909 bits per heavy atom. The number of nitrogens with zero attached hydrogens (tertiary/aromatic N) is 1. The first kappa shape index (κ1) is 13.5. The lowest BCUT2D eigenvalue weighted by Crippen LogP contribution is -2.20. The highest BCUT2D eigenvalue weighted by atomic mass is 19.0. The molecule has 0 aliphatic carbocycles. The van der Waals surface area contributed by atoms with E-state index in [-0.39, 0.29) is 4.70 Å². The van der Waals surface area contributed by atoms with Crippen molar-refractivity contribution in [1.29, 1.82) is 0 Å². The summed E-state index contributed by atoms with van der Waals surface area (Å²) in [7, 11) is 2.21. The van der Waals surface area contributed by atoms with E-state index in [0.29, 0.717) is 0 Å². The zero-order chi connectivity index (χ0) is 7.82. The van der Waals surface area contributed by atoms with Gasteiger partial charge in [-0.25, -0.2) is 0 Å². The normalized spacial score (nSPS) is 9.82. The molecular weight excluding hydrogens is 141 g/mol. The maximum Gasteiger partial charge on any atom is -0.00219 e. The van der Waals surface area contributed by atoms with Gasteiger partial charge in [-0.2, -0.15) is 0 Å². The highest BCUT2D eigenvalue weighted by Crippen LogP contribution is 1.94. The van der Waals surface area contributed by atoms with Crippen molar-refractivity contribution in [2.45, 2.75) is 39.5 Å². The molecular formula is C9H22FN. The number of hydrogen-bond donors (Lipinski definition) is 0. The van der Waals surface area contributed by atoms with E-state index in [4.69, 9.17) is 0 Å². The summed E-state index contributed by atoms with van der Waals surface area (Å²) in [5.41, 5.74) is 0. The monoisotopic (exact) mass is 163 g/mol. The van der Waals surface area contributed by atoms with Crippen LogP contribution in [-0.2, 0) is 0 Å². The van der Waals surface area contributed by atoms with E-state index >= 15 is 0 Å². The average molecular weight is 163 g/mol. The third-order valence-electron chi connectivity index (χ3n) is 1.79. The van der Waals surface area contributed by atoms with Crippen LogP contribution in [0.25, 0.3) is 0 Å². The van der Waals surface area contributed by atoms with Crippen LogP contribution in [0.15, 0.2) is 0 Å². The second-order valence-corrected chi connectivity index (χ2v) is 3.01. The van der Waals surface area contributed by atoms with Gasteiger partial charge in [0.25, 0.3) is 0 Å². The SMILES string of the molecule is CCCCN(C)CCCC.F. The van der Waals surface area contributed by atoms with Gasteiger partial charge in [-0.15, -0.1) is 0 Å². The van der Waals surface area contributed by atoms with Gasteiger partial charge in [0, 0.05) is 0 Å². The van der Waals surface area contributed by atoms with E-state index in [1.807, 2.05) is 0 Å². The number of hydrogen-bond acceptors (Lipinski definition) is 1. The molecule has 0 aromatic heterocycles. The molecule has 0 aromatic rings. The molecule has 0 aliphatic heterocycles. The van der Waals surface area contributed by atoms with Gasteiger partial charge in [-0.1, -0.05) is 26.7 Å². The van der Waals surface area contributed by atoms with Crippen molar-refractivity contribution in [3.8, 4) is 0 Å². The summed E-state index contributed by atoms with van der Waals surface area (Å²) >= 11 is 0. The van der Waals surface area contributed by atoms with Crippen LogP contribution >= 0.6 is 0 Å². The molecule has 0 fully saturated rings. The maximum atomic E-state index is 2.42. The predicted octanol–water partition coefficient (Wildman–Crippen LogP) is 2.67. The highest BCUT2D eigenvalue weighted by Gasteiger charge is 1.94. The molecule has 0 heterocycles. The van der Waals surface area contributed by atoms with E-state index in [9.17, 15) is 0 Å². The smallest absolute Gasteiger partial charge is 0.00219 e. The number of unbranched alkanes of at least 4 members (excludes halogenated alkanes) is 2. The lowest BCUT2D eigenvalue weighted by atomic mass is 10.3. The van der Waals surface area contributed by atoms with Gasteiger partial charge in [0.2, 0.25) is 0 Å². The second kappa shape index (κ2) is 9.89. The highest BCUT2D eigenvalue weighted by molar-refractivity contribution is 4.49. The zero-order valence-corrected chi connectivity index (χ0v) is 8.10. The summed E-state index contributed by atoms with van der Waals surface area (Å²) in [6.45, 7) is 7.04. The molecule has 0 saturated carbocycles. The first-order valence-corrected chi connectivity index (χ1v) is 4.49. The minimum atomic E-state index is 0. The van der Waals surface area contributed by atoms with Gasteiger partial charge < -0.3 is 4.90 Å². The summed E-state index contributed by atoms with van der Waals surface area (Å²) in [6.07, 6.45) is 5.33. The number of rotatable bonds is 6. The van der Waals surface area contributed by atoms with Crippen molar-refractivity contribution in [2.75, 3.05) is 20.1 Å². The Balaban J connectivity index is 0. The predicted molar refractivity (Wildman–Crippen MR) is 49.8 cm³/mol. The van der Waals surface area contributed by atoms with Gasteiger partial charge in [0.15, 0.2) is 0 Å². The molecule has 0 aliphatic rings. The van der Waals surface area contributed by atoms with Gasteiger partial charge in [0.1, 0.15) is 0 Å². The lowest BCUT2D eigenvalue weighted by molar-refractivity contribution is 0.322. The van der Waals surface area contributed by atoms with E-state index in [2.05, 4.69) is 25.8 Å². The molecule has 2 heteroatoms. The molecule has 0 amide bonds. The van der Waals surface area contributed by atoms with Crippen molar-refractivity contribution in [3.63, 3.8) is 0 Å². The molecule has 1 nitrogen and oxygen atoms in total. The van der Waals surface area contributed by atoms with Crippen LogP contribution in [0.2, 0.25) is 0 Å². The average Bonchev–Trinajstić information content (AvgIpc) is 1.97. The van der Waals surface area contributed by atoms with Crippen LogP contribution in [0.4, 0.5) is 4.70 Å². The molecule has 0 radical (unpaired) electrons. The molecule has 0 rings (SSSR count). The summed E-state index contributed by atoms with van der Waals surface area (Å²) in [5, 5.41) is 0. The molecule has 0 bridgehead atoms. The Hall–Kier alpha value is -0.110. The molecule has 0 N–H and O–H groups in total. The van der Waals surface area contributed by atoms with Crippen LogP contribution in [0.3, 0.4) is 0 Å². The Morgan fingerprint density at radius 2 is 1.27 bits per heavy atom. The van der Waals surface area contributed by atoms with Crippen LogP contribution in [-0.4, -0.2) is 25.0 Å². The lowest BCUT2D eigenvalue weighted by Gasteiger charge is -2.14. The molecule has 11 heavy (non-hydrogen) atoms. The van der Waals surface area contributed by atoms with Crippen LogP contribution in [0.1, 0.15) is 39.5 Å². The first-order valence-electron chi connectivity index (χ1n) is 4.49. The van der Waals surface area contributed by atoms with Crippen LogP contribution in [0, 0.1) is 0 Å². The van der Waals surface area contributed by atoms with Crippen molar-refractivity contribution in [1.82, 2.24) is 4.90 Å². The fraction of sp³-hybridized carbons (Fsp3) is 1.00. The summed E-state index contributed by atoms with van der Waals surface area (Å²) in [5.74, 6) is 0. The zero-order valence-electron chi connectivity index (χ0n) is 8.10. The summed E-state index contributed by atoms with van der Waals surface area (Å²) < 4.78 is 0. The van der Waals surface area contributed by atoms with E-state index in [1.165, 1.54) is 38.8 Å². The molecule has 0 atom stereocenters. The van der Waals surface area contributed by atoms with Crippen LogP contribution in [0.5, 0.6) is 0 Å². The third-order valence-corrected chi connectivity index (χ3v) is 1.79. The second-order valence-electron chi connectivity index (χ2n) is 3.01. The largest absolute Gasteiger partial charge is 0.306 e. The van der Waals surface area contributed by atoms with Gasteiger partial charge >= 0.3 is 0 Å². The van der Waals surface area contributed by atoms with Gasteiger partial charge in [-0.3, -0.25) is 4.70 Å². The summed E-state index contributed by atoms with van der Waals surface area (Å²) in [6, 6.07) is 0. The van der Waals surface area contributed by atoms with Crippen molar-refractivity contribution in [3.05, 3.63) is 0 Å². The Morgan fingerprint density at radius 3 is 1.55 bits per heavy atom. The quantitative estimate of drug-likeness (QED) is 0.582. The molecule has 0 aromatic carbocycles. The molecule has 0 unspecified atom stereocenters. The van der Waals surface area contributed by atoms with Crippen molar-refractivity contribution >= 4 is 0 Å². The van der Waals surface area contributed by atoms with Crippen molar-refractivity contribution < 1.29 is 4.70 Å². The Labute approximate surface area is 70.1 Å². The van der Waals surface area contributed by atoms with Crippen molar-refractivity contribution in [2.24, 2.45) is 0 Å². The van der Waals surface area contributed by atoms with E-state index < -0.39 is 0 Å². The minimum Gasteiger partial charge on any atom is -0.306 e. The standard InChI is InChI=1S/C9H21N.FH/c1-4-6-8-10(3)9-7-5-2;/h4-9H2,1-3H3;1H. The third kappa shape index (κ3) is 9.89. The topological polar surface area (TPSA) is 3.24 Å². The number of halogens is 1. The molecule has 0 spiro atoms. The van der Waals surface area contributed by atoms with Crippen LogP contribution < -0.4 is 0 Å². The molecule has 0 saturated heterocycles. The fourth-order valence-electron chi connectivity index (χ4n) is 0.968. The van der Waals surface area contributed by atoms with E-state index in [0.717, 1.165) is 0 Å². The fourth-order valence-corrected chi connectivity index (χ4v) is 0.968. The minimum absolute atomic E-state index is 0. The Bertz CT molecular complexity index is 58.6. The summed E-state index contributed by atoms with van der Waals surface area (Å²) in [4.78, 5) is 2.42.